The summed E-state index contributed by atoms with van der Waals surface area (Å²) in [5.74, 6) is 0. The van der Waals surface area contributed by atoms with Crippen molar-refractivity contribution in [3.63, 3.8) is 0 Å². The minimum absolute atomic E-state index is 0.407. The molecule has 0 radical (unpaired) electrons. The maximum Gasteiger partial charge on any atom is 0.319 e. The zero-order chi connectivity index (χ0) is 11.3. The number of benzene rings is 1. The van der Waals surface area contributed by atoms with Crippen LogP contribution in [0.4, 0.5) is 10.5 Å². The van der Waals surface area contributed by atoms with Gasteiger partial charge >= 0.3 is 6.03 Å². The van der Waals surface area contributed by atoms with Gasteiger partial charge in [0.25, 0.3) is 0 Å². The van der Waals surface area contributed by atoms with Crippen molar-refractivity contribution in [3.05, 3.63) is 28.7 Å². The number of primary amides is 1. The molecular formula is C11H15BrN2O. The van der Waals surface area contributed by atoms with E-state index in [1.54, 1.807) is 4.90 Å². The molecule has 0 saturated heterocycles. The quantitative estimate of drug-likeness (QED) is 0.898. The number of rotatable bonds is 4. The highest BCUT2D eigenvalue weighted by atomic mass is 79.9. The van der Waals surface area contributed by atoms with E-state index >= 15 is 0 Å². The Bertz CT molecular complexity index is 341. The summed E-state index contributed by atoms with van der Waals surface area (Å²) in [6, 6.07) is 7.17. The van der Waals surface area contributed by atoms with E-state index in [1.807, 2.05) is 24.3 Å². The second kappa shape index (κ2) is 5.75. The molecule has 0 heterocycles. The largest absolute Gasteiger partial charge is 0.351 e. The van der Waals surface area contributed by atoms with E-state index in [9.17, 15) is 4.79 Å². The molecule has 0 aliphatic carbocycles. The normalized spacial score (nSPS) is 10.0. The molecule has 0 atom stereocenters. The van der Waals surface area contributed by atoms with Crippen molar-refractivity contribution >= 4 is 27.6 Å². The lowest BCUT2D eigenvalue weighted by molar-refractivity contribution is 0.254. The molecule has 4 heteroatoms. The van der Waals surface area contributed by atoms with Crippen molar-refractivity contribution in [2.24, 2.45) is 5.73 Å². The van der Waals surface area contributed by atoms with Crippen LogP contribution in [0.3, 0.4) is 0 Å². The van der Waals surface area contributed by atoms with E-state index in [0.29, 0.717) is 6.54 Å². The topological polar surface area (TPSA) is 46.3 Å². The second-order valence-corrected chi connectivity index (χ2v) is 4.15. The van der Waals surface area contributed by atoms with Crippen molar-refractivity contribution in [2.75, 3.05) is 11.4 Å². The van der Waals surface area contributed by atoms with Gasteiger partial charge in [-0.25, -0.2) is 4.79 Å². The molecule has 82 valence electrons. The van der Waals surface area contributed by atoms with Crippen LogP contribution in [-0.2, 0) is 0 Å². The first-order valence-electron chi connectivity index (χ1n) is 4.98. The molecule has 3 nitrogen and oxygen atoms in total. The standard InChI is InChI=1S/C11H15BrN2O/c1-2-3-8-14(11(13)15)10-7-5-4-6-9(10)12/h4-7H,2-3,8H2,1H3,(H2,13,15). The number of unbranched alkanes of at least 4 members (excludes halogenated alkanes) is 1. The molecule has 0 aliphatic rings. The van der Waals surface area contributed by atoms with Gasteiger partial charge in [-0.1, -0.05) is 25.5 Å². The van der Waals surface area contributed by atoms with E-state index < -0.39 is 6.03 Å². The first kappa shape index (κ1) is 12.0. The first-order valence-corrected chi connectivity index (χ1v) is 5.77. The molecule has 0 fully saturated rings. The van der Waals surface area contributed by atoms with Crippen molar-refractivity contribution in [2.45, 2.75) is 19.8 Å². The summed E-state index contributed by atoms with van der Waals surface area (Å²) < 4.78 is 0.889. The zero-order valence-corrected chi connectivity index (χ0v) is 10.3. The highest BCUT2D eigenvalue weighted by molar-refractivity contribution is 9.10. The van der Waals surface area contributed by atoms with Gasteiger partial charge in [-0.3, -0.25) is 4.90 Å². The summed E-state index contributed by atoms with van der Waals surface area (Å²) in [6.07, 6.45) is 1.98. The van der Waals surface area contributed by atoms with Gasteiger partial charge in [-0.15, -0.1) is 0 Å². The molecule has 0 unspecified atom stereocenters. The second-order valence-electron chi connectivity index (χ2n) is 3.29. The first-order chi connectivity index (χ1) is 7.16. The van der Waals surface area contributed by atoms with Crippen LogP contribution in [0.2, 0.25) is 0 Å². The number of para-hydroxylation sites is 1. The average molecular weight is 271 g/mol. The molecule has 15 heavy (non-hydrogen) atoms. The molecule has 0 saturated carbocycles. The summed E-state index contributed by atoms with van der Waals surface area (Å²) in [6.45, 7) is 2.74. The predicted molar refractivity (Wildman–Crippen MR) is 66.0 cm³/mol. The fourth-order valence-corrected chi connectivity index (χ4v) is 1.84. The smallest absolute Gasteiger partial charge is 0.319 e. The number of carbonyl (C=O) groups is 1. The zero-order valence-electron chi connectivity index (χ0n) is 8.74. The Morgan fingerprint density at radius 1 is 1.47 bits per heavy atom. The van der Waals surface area contributed by atoms with Gasteiger partial charge in [-0.05, 0) is 34.5 Å². The van der Waals surface area contributed by atoms with Crippen molar-refractivity contribution in [3.8, 4) is 0 Å². The minimum atomic E-state index is -0.407. The third kappa shape index (κ3) is 3.23. The Kier molecular flexibility index (Phi) is 4.62. The summed E-state index contributed by atoms with van der Waals surface area (Å²) in [5, 5.41) is 0. The Balaban J connectivity index is 2.89. The Morgan fingerprint density at radius 3 is 2.67 bits per heavy atom. The molecule has 2 N–H and O–H groups in total. The third-order valence-electron chi connectivity index (χ3n) is 2.14. The Labute approximate surface area is 98.4 Å². The molecular weight excluding hydrogens is 256 g/mol. The fraction of sp³-hybridized carbons (Fsp3) is 0.364. The van der Waals surface area contributed by atoms with Crippen LogP contribution in [-0.4, -0.2) is 12.6 Å². The lowest BCUT2D eigenvalue weighted by Crippen LogP contribution is -2.36. The van der Waals surface area contributed by atoms with Crippen LogP contribution in [0, 0.1) is 0 Å². The number of hydrogen-bond acceptors (Lipinski definition) is 1. The highest BCUT2D eigenvalue weighted by Gasteiger charge is 2.13. The van der Waals surface area contributed by atoms with Crippen molar-refractivity contribution in [1.29, 1.82) is 0 Å². The molecule has 1 rings (SSSR count). The Hall–Kier alpha value is -1.03. The van der Waals surface area contributed by atoms with Gasteiger partial charge in [0.05, 0.1) is 5.69 Å². The number of halogens is 1. The average Bonchev–Trinajstić information content (AvgIpc) is 2.20. The fourth-order valence-electron chi connectivity index (χ4n) is 1.34. The van der Waals surface area contributed by atoms with Crippen LogP contribution >= 0.6 is 15.9 Å². The molecule has 2 amide bonds. The van der Waals surface area contributed by atoms with E-state index in [4.69, 9.17) is 5.73 Å². The van der Waals surface area contributed by atoms with E-state index in [1.165, 1.54) is 0 Å². The number of carbonyl (C=O) groups excluding carboxylic acids is 1. The molecule has 1 aromatic rings. The third-order valence-corrected chi connectivity index (χ3v) is 2.82. The van der Waals surface area contributed by atoms with Gasteiger partial charge in [0.15, 0.2) is 0 Å². The van der Waals surface area contributed by atoms with Gasteiger partial charge in [0.1, 0.15) is 0 Å². The van der Waals surface area contributed by atoms with Crippen LogP contribution < -0.4 is 10.6 Å². The van der Waals surface area contributed by atoms with Crippen LogP contribution in [0.1, 0.15) is 19.8 Å². The predicted octanol–water partition coefficient (Wildman–Crippen LogP) is 3.13. The summed E-state index contributed by atoms with van der Waals surface area (Å²) in [7, 11) is 0. The number of hydrogen-bond donors (Lipinski definition) is 1. The number of urea groups is 1. The van der Waals surface area contributed by atoms with E-state index in [-0.39, 0.29) is 0 Å². The number of nitrogens with zero attached hydrogens (tertiary/aromatic N) is 1. The lowest BCUT2D eigenvalue weighted by atomic mass is 10.2. The minimum Gasteiger partial charge on any atom is -0.351 e. The molecule has 0 aromatic heterocycles. The number of nitrogens with two attached hydrogens (primary N) is 1. The maximum atomic E-state index is 11.3. The van der Waals surface area contributed by atoms with E-state index in [0.717, 1.165) is 23.0 Å². The van der Waals surface area contributed by atoms with Gasteiger partial charge in [-0.2, -0.15) is 0 Å². The van der Waals surface area contributed by atoms with Crippen LogP contribution in [0.25, 0.3) is 0 Å². The van der Waals surface area contributed by atoms with E-state index in [2.05, 4.69) is 22.9 Å². The van der Waals surface area contributed by atoms with Crippen molar-refractivity contribution in [1.82, 2.24) is 0 Å². The van der Waals surface area contributed by atoms with Crippen LogP contribution in [0.5, 0.6) is 0 Å². The molecule has 0 bridgehead atoms. The molecule has 1 aromatic carbocycles. The Morgan fingerprint density at radius 2 is 2.13 bits per heavy atom. The van der Waals surface area contributed by atoms with Gasteiger partial charge in [0, 0.05) is 11.0 Å². The van der Waals surface area contributed by atoms with Crippen LogP contribution in [0.15, 0.2) is 28.7 Å². The molecule has 0 aliphatic heterocycles. The summed E-state index contributed by atoms with van der Waals surface area (Å²) >= 11 is 3.41. The number of amides is 2. The number of anilines is 1. The maximum absolute atomic E-state index is 11.3. The monoisotopic (exact) mass is 270 g/mol. The summed E-state index contributed by atoms with van der Waals surface area (Å²) in [5.41, 5.74) is 6.18. The highest BCUT2D eigenvalue weighted by Crippen LogP contribution is 2.25. The molecule has 0 spiro atoms. The van der Waals surface area contributed by atoms with Gasteiger partial charge in [0.2, 0.25) is 0 Å². The lowest BCUT2D eigenvalue weighted by Gasteiger charge is -2.21. The van der Waals surface area contributed by atoms with Crippen molar-refractivity contribution < 1.29 is 4.79 Å². The SMILES string of the molecule is CCCCN(C(N)=O)c1ccccc1Br. The summed E-state index contributed by atoms with van der Waals surface area (Å²) in [4.78, 5) is 12.9. The van der Waals surface area contributed by atoms with Gasteiger partial charge < -0.3 is 5.73 Å².